The molecule has 4 rings (SSSR count). The van der Waals surface area contributed by atoms with Crippen LogP contribution in [0.1, 0.15) is 30.5 Å². The van der Waals surface area contributed by atoms with Gasteiger partial charge in [-0.1, -0.05) is 24.2 Å². The smallest absolute Gasteiger partial charge is 0.244 e. The summed E-state index contributed by atoms with van der Waals surface area (Å²) in [6.07, 6.45) is 1.66. The van der Waals surface area contributed by atoms with Crippen LogP contribution in [-0.2, 0) is 21.2 Å². The fraction of sp³-hybridized carbons (Fsp3) is 0.381. The van der Waals surface area contributed by atoms with Crippen molar-refractivity contribution in [2.45, 2.75) is 38.0 Å². The number of carbonyl (C=O) groups excluding carboxylic acids is 1. The number of piperidine rings is 1. The van der Waals surface area contributed by atoms with E-state index in [0.29, 0.717) is 47.3 Å². The van der Waals surface area contributed by atoms with Crippen molar-refractivity contribution in [2.24, 2.45) is 5.92 Å². The van der Waals surface area contributed by atoms with Crippen molar-refractivity contribution in [1.29, 1.82) is 0 Å². The lowest BCUT2D eigenvalue weighted by Crippen LogP contribution is -2.43. The van der Waals surface area contributed by atoms with Gasteiger partial charge in [0, 0.05) is 24.4 Å². The molecule has 0 bridgehead atoms. The molecular formula is C21H23FN4O4S2. The summed E-state index contributed by atoms with van der Waals surface area (Å²) in [5.41, 5.74) is 0.0855. The number of thiophene rings is 1. The molecule has 0 saturated carbocycles. The van der Waals surface area contributed by atoms with Gasteiger partial charge in [-0.15, -0.1) is 11.3 Å². The molecule has 0 radical (unpaired) electrons. The third-order valence-corrected chi connectivity index (χ3v) is 8.53. The molecule has 8 nitrogen and oxygen atoms in total. The molecule has 3 aromatic rings. The maximum Gasteiger partial charge on any atom is 0.244 e. The predicted octanol–water partition coefficient (Wildman–Crippen LogP) is 3.85. The summed E-state index contributed by atoms with van der Waals surface area (Å²) in [6, 6.07) is 7.46. The highest BCUT2D eigenvalue weighted by atomic mass is 32.2. The second kappa shape index (κ2) is 9.08. The molecule has 1 N–H and O–H groups in total. The molecule has 1 fully saturated rings. The molecule has 1 aliphatic heterocycles. The first-order chi connectivity index (χ1) is 15.3. The van der Waals surface area contributed by atoms with Gasteiger partial charge in [0.1, 0.15) is 5.82 Å². The average molecular weight is 479 g/mol. The van der Waals surface area contributed by atoms with Crippen LogP contribution in [0.3, 0.4) is 0 Å². The maximum absolute atomic E-state index is 13.9. The summed E-state index contributed by atoms with van der Waals surface area (Å²) in [5.74, 6) is -0.653. The minimum atomic E-state index is -3.82. The number of nitrogens with zero attached hydrogens (tertiary/aromatic N) is 3. The van der Waals surface area contributed by atoms with Gasteiger partial charge in [0.2, 0.25) is 27.6 Å². The standard InChI is InChI=1S/C21H23FN4O4S2/c1-3-19-24-20(25-30-19)17-11-18(13(2)31-17)32(28,29)26-10-6-7-14(12-26)21(27)23-16-9-5-4-8-15(16)22/h4-5,8-9,11,14H,3,6-7,10,12H2,1-2H3,(H,23,27). The Hall–Kier alpha value is -2.63. The number of amides is 1. The quantitative estimate of drug-likeness (QED) is 0.577. The third kappa shape index (κ3) is 4.45. The lowest BCUT2D eigenvalue weighted by Gasteiger charge is -2.31. The highest BCUT2D eigenvalue weighted by Crippen LogP contribution is 2.35. The van der Waals surface area contributed by atoms with Crippen molar-refractivity contribution in [1.82, 2.24) is 14.4 Å². The Balaban J connectivity index is 1.52. The monoisotopic (exact) mass is 478 g/mol. The molecule has 1 unspecified atom stereocenters. The van der Waals surface area contributed by atoms with E-state index >= 15 is 0 Å². The number of anilines is 1. The molecular weight excluding hydrogens is 455 g/mol. The topological polar surface area (TPSA) is 105 Å². The zero-order chi connectivity index (χ0) is 22.9. The van der Waals surface area contributed by atoms with Gasteiger partial charge in [0.25, 0.3) is 0 Å². The van der Waals surface area contributed by atoms with Gasteiger partial charge in [-0.2, -0.15) is 9.29 Å². The molecule has 1 aliphatic rings. The summed E-state index contributed by atoms with van der Waals surface area (Å²) in [6.45, 7) is 3.98. The van der Waals surface area contributed by atoms with E-state index in [2.05, 4.69) is 15.5 Å². The number of benzene rings is 1. The highest BCUT2D eigenvalue weighted by molar-refractivity contribution is 7.89. The van der Waals surface area contributed by atoms with E-state index in [4.69, 9.17) is 4.52 Å². The number of nitrogens with one attached hydrogen (secondary N) is 1. The zero-order valence-electron chi connectivity index (χ0n) is 17.7. The Bertz CT molecular complexity index is 1240. The van der Waals surface area contributed by atoms with Gasteiger partial charge in [-0.05, 0) is 38.0 Å². The van der Waals surface area contributed by atoms with Crippen molar-refractivity contribution in [3.05, 3.63) is 46.9 Å². The number of para-hydroxylation sites is 1. The van der Waals surface area contributed by atoms with Gasteiger partial charge in [0.15, 0.2) is 0 Å². The molecule has 0 spiro atoms. The van der Waals surface area contributed by atoms with E-state index in [1.165, 1.54) is 33.8 Å². The first kappa shape index (κ1) is 22.6. The fourth-order valence-electron chi connectivity index (χ4n) is 3.64. The van der Waals surface area contributed by atoms with Crippen LogP contribution < -0.4 is 5.32 Å². The van der Waals surface area contributed by atoms with Gasteiger partial charge in [-0.3, -0.25) is 4.79 Å². The van der Waals surface area contributed by atoms with Gasteiger partial charge in [-0.25, -0.2) is 12.8 Å². The summed E-state index contributed by atoms with van der Waals surface area (Å²) in [7, 11) is -3.82. The van der Waals surface area contributed by atoms with Crippen molar-refractivity contribution >= 4 is 33.0 Å². The number of carbonyl (C=O) groups is 1. The van der Waals surface area contributed by atoms with E-state index in [1.807, 2.05) is 6.92 Å². The number of hydrogen-bond acceptors (Lipinski definition) is 7. The molecule has 1 amide bonds. The van der Waals surface area contributed by atoms with Gasteiger partial charge < -0.3 is 9.84 Å². The number of aryl methyl sites for hydroxylation is 2. The molecule has 11 heteroatoms. The van der Waals surface area contributed by atoms with Gasteiger partial charge in [0.05, 0.1) is 21.4 Å². The predicted molar refractivity (Wildman–Crippen MR) is 118 cm³/mol. The second-order valence-electron chi connectivity index (χ2n) is 7.57. The van der Waals surface area contributed by atoms with E-state index in [9.17, 15) is 17.6 Å². The number of sulfonamides is 1. The van der Waals surface area contributed by atoms with Crippen LogP contribution in [0.5, 0.6) is 0 Å². The van der Waals surface area contributed by atoms with Crippen LogP contribution in [0.25, 0.3) is 10.7 Å². The Morgan fingerprint density at radius 1 is 1.38 bits per heavy atom. The molecule has 170 valence electrons. The summed E-state index contributed by atoms with van der Waals surface area (Å²) in [4.78, 5) is 18.4. The van der Waals surface area contributed by atoms with Crippen molar-refractivity contribution in [3.63, 3.8) is 0 Å². The van der Waals surface area contributed by atoms with Crippen molar-refractivity contribution in [3.8, 4) is 10.7 Å². The number of rotatable bonds is 6. The summed E-state index contributed by atoms with van der Waals surface area (Å²) in [5, 5.41) is 6.50. The van der Waals surface area contributed by atoms with E-state index in [1.54, 1.807) is 19.1 Å². The molecule has 1 saturated heterocycles. The SMILES string of the molecule is CCc1nc(-c2cc(S(=O)(=O)N3CCCC(C(=O)Nc4ccccc4F)C3)c(C)s2)no1. The lowest BCUT2D eigenvalue weighted by atomic mass is 9.98. The van der Waals surface area contributed by atoms with Crippen molar-refractivity contribution < 1.29 is 22.1 Å². The van der Waals surface area contributed by atoms with Crippen LogP contribution in [0.15, 0.2) is 39.8 Å². The van der Waals surface area contributed by atoms with Crippen molar-refractivity contribution in [2.75, 3.05) is 18.4 Å². The second-order valence-corrected chi connectivity index (χ2v) is 10.7. The Kier molecular flexibility index (Phi) is 6.40. The largest absolute Gasteiger partial charge is 0.339 e. The van der Waals surface area contributed by atoms with E-state index < -0.39 is 27.7 Å². The summed E-state index contributed by atoms with van der Waals surface area (Å²) < 4.78 is 47.1. The van der Waals surface area contributed by atoms with Crippen LogP contribution in [0.4, 0.5) is 10.1 Å². The number of hydrogen-bond donors (Lipinski definition) is 1. The maximum atomic E-state index is 13.9. The molecule has 2 aromatic heterocycles. The minimum absolute atomic E-state index is 0.0371. The van der Waals surface area contributed by atoms with Crippen LogP contribution in [0, 0.1) is 18.7 Å². The number of halogens is 1. The summed E-state index contributed by atoms with van der Waals surface area (Å²) >= 11 is 1.28. The molecule has 0 aliphatic carbocycles. The zero-order valence-corrected chi connectivity index (χ0v) is 19.3. The van der Waals surface area contributed by atoms with E-state index in [-0.39, 0.29) is 17.1 Å². The first-order valence-electron chi connectivity index (χ1n) is 10.3. The van der Waals surface area contributed by atoms with Crippen LogP contribution in [-0.4, -0.2) is 41.9 Å². The minimum Gasteiger partial charge on any atom is -0.339 e. The first-order valence-corrected chi connectivity index (χ1v) is 12.5. The Labute approximate surface area is 189 Å². The normalized spacial score (nSPS) is 17.4. The molecule has 1 aromatic carbocycles. The lowest BCUT2D eigenvalue weighted by molar-refractivity contribution is -0.120. The third-order valence-electron chi connectivity index (χ3n) is 5.37. The Morgan fingerprint density at radius 2 is 2.16 bits per heavy atom. The fourth-order valence-corrected chi connectivity index (χ4v) is 6.65. The highest BCUT2D eigenvalue weighted by Gasteiger charge is 2.35. The number of aromatic nitrogens is 2. The Morgan fingerprint density at radius 3 is 2.88 bits per heavy atom. The van der Waals surface area contributed by atoms with Gasteiger partial charge >= 0.3 is 0 Å². The van der Waals surface area contributed by atoms with Crippen LogP contribution >= 0.6 is 11.3 Å². The van der Waals surface area contributed by atoms with E-state index in [0.717, 1.165) is 0 Å². The molecule has 1 atom stereocenters. The average Bonchev–Trinajstić information content (AvgIpc) is 3.42. The van der Waals surface area contributed by atoms with Crippen LogP contribution in [0.2, 0.25) is 0 Å². The molecule has 3 heterocycles. The molecule has 32 heavy (non-hydrogen) atoms.